The Balaban J connectivity index is 2.52. The number of nitrogens with one attached hydrogen (secondary N) is 1. The average Bonchev–Trinajstić information content (AvgIpc) is 2.37. The van der Waals surface area contributed by atoms with Crippen molar-refractivity contribution < 1.29 is 5.11 Å². The molecule has 1 heterocycles. The number of aliphatic hydroxyl groups is 1. The van der Waals surface area contributed by atoms with E-state index < -0.39 is 0 Å². The minimum Gasteiger partial charge on any atom is -0.396 e. The van der Waals surface area contributed by atoms with Crippen molar-refractivity contribution in [2.75, 3.05) is 6.61 Å². The van der Waals surface area contributed by atoms with E-state index in [-0.39, 0.29) is 12.2 Å². The molecule has 0 saturated heterocycles. The number of rotatable bonds is 3. The number of hydrogen-bond donors (Lipinski definition) is 2. The van der Waals surface area contributed by atoms with Crippen LogP contribution in [0, 0.1) is 13.8 Å². The molecule has 0 unspecified atom stereocenters. The standard InChI is InChI=1S/C14H15ClN2O2/c1-8-3-4-10(7-12(8)15)13-16-9(2)11(5-6-18)14(19)17-13/h3-4,7,18H,5-6H2,1-2H3,(H,16,17,19). The van der Waals surface area contributed by atoms with Crippen molar-refractivity contribution in [2.24, 2.45) is 0 Å². The summed E-state index contributed by atoms with van der Waals surface area (Å²) in [7, 11) is 0. The lowest BCUT2D eigenvalue weighted by Crippen LogP contribution is -2.18. The number of halogens is 1. The molecule has 1 aromatic carbocycles. The monoisotopic (exact) mass is 278 g/mol. The Morgan fingerprint density at radius 2 is 2.11 bits per heavy atom. The van der Waals surface area contributed by atoms with Gasteiger partial charge in [-0.15, -0.1) is 0 Å². The number of aliphatic hydroxyl groups excluding tert-OH is 1. The second kappa shape index (κ2) is 5.55. The third-order valence-corrected chi connectivity index (χ3v) is 3.44. The van der Waals surface area contributed by atoms with Crippen molar-refractivity contribution in [3.05, 3.63) is 50.4 Å². The van der Waals surface area contributed by atoms with Gasteiger partial charge >= 0.3 is 0 Å². The molecule has 100 valence electrons. The maximum absolute atomic E-state index is 11.9. The fourth-order valence-corrected chi connectivity index (χ4v) is 2.07. The molecule has 0 aliphatic rings. The summed E-state index contributed by atoms with van der Waals surface area (Å²) in [6.45, 7) is 3.61. The van der Waals surface area contributed by atoms with Crippen LogP contribution < -0.4 is 5.56 Å². The van der Waals surface area contributed by atoms with E-state index in [1.165, 1.54) is 0 Å². The molecule has 0 aliphatic carbocycles. The van der Waals surface area contributed by atoms with Crippen molar-refractivity contribution in [3.8, 4) is 11.4 Å². The number of aromatic amines is 1. The van der Waals surface area contributed by atoms with Gasteiger partial charge in [0.1, 0.15) is 5.82 Å². The van der Waals surface area contributed by atoms with Crippen LogP contribution in [0.15, 0.2) is 23.0 Å². The molecule has 4 nitrogen and oxygen atoms in total. The van der Waals surface area contributed by atoms with E-state index in [2.05, 4.69) is 9.97 Å². The van der Waals surface area contributed by atoms with E-state index in [0.29, 0.717) is 28.5 Å². The van der Waals surface area contributed by atoms with Gasteiger partial charge in [-0.1, -0.05) is 23.7 Å². The number of benzene rings is 1. The molecule has 0 fully saturated rings. The van der Waals surface area contributed by atoms with E-state index in [1.807, 2.05) is 19.1 Å². The van der Waals surface area contributed by atoms with Crippen LogP contribution >= 0.6 is 11.6 Å². The zero-order chi connectivity index (χ0) is 14.0. The summed E-state index contributed by atoms with van der Waals surface area (Å²) < 4.78 is 0. The van der Waals surface area contributed by atoms with Crippen molar-refractivity contribution in [2.45, 2.75) is 20.3 Å². The molecule has 0 spiro atoms. The minimum atomic E-state index is -0.215. The molecular weight excluding hydrogens is 264 g/mol. The first-order chi connectivity index (χ1) is 9.02. The number of H-pyrrole nitrogens is 1. The summed E-state index contributed by atoms with van der Waals surface area (Å²) in [5.41, 5.74) is 2.68. The van der Waals surface area contributed by atoms with Gasteiger partial charge in [0.15, 0.2) is 0 Å². The number of nitrogens with zero attached hydrogens (tertiary/aromatic N) is 1. The normalized spacial score (nSPS) is 10.7. The lowest BCUT2D eigenvalue weighted by Gasteiger charge is -2.07. The Hall–Kier alpha value is -1.65. The van der Waals surface area contributed by atoms with Crippen LogP contribution in [0.2, 0.25) is 5.02 Å². The Bertz CT molecular complexity index is 665. The largest absolute Gasteiger partial charge is 0.396 e. The summed E-state index contributed by atoms with van der Waals surface area (Å²) >= 11 is 6.07. The highest BCUT2D eigenvalue weighted by molar-refractivity contribution is 6.31. The lowest BCUT2D eigenvalue weighted by atomic mass is 10.1. The Morgan fingerprint density at radius 3 is 2.68 bits per heavy atom. The molecule has 0 aliphatic heterocycles. The topological polar surface area (TPSA) is 66.0 Å². The van der Waals surface area contributed by atoms with Gasteiger partial charge in [0, 0.05) is 34.9 Å². The van der Waals surface area contributed by atoms with Gasteiger partial charge in [-0.2, -0.15) is 0 Å². The molecule has 19 heavy (non-hydrogen) atoms. The fraction of sp³-hybridized carbons (Fsp3) is 0.286. The van der Waals surface area contributed by atoms with Gasteiger partial charge in [-0.3, -0.25) is 4.79 Å². The highest BCUT2D eigenvalue weighted by Gasteiger charge is 2.09. The summed E-state index contributed by atoms with van der Waals surface area (Å²) in [6, 6.07) is 5.53. The molecule has 0 amide bonds. The summed E-state index contributed by atoms with van der Waals surface area (Å²) in [5, 5.41) is 9.56. The molecule has 0 bridgehead atoms. The zero-order valence-corrected chi connectivity index (χ0v) is 11.6. The maximum Gasteiger partial charge on any atom is 0.254 e. The van der Waals surface area contributed by atoms with Crippen LogP contribution in [0.25, 0.3) is 11.4 Å². The summed E-state index contributed by atoms with van der Waals surface area (Å²) in [6.07, 6.45) is 0.309. The number of aromatic nitrogens is 2. The maximum atomic E-state index is 11.9. The highest BCUT2D eigenvalue weighted by Crippen LogP contribution is 2.22. The van der Waals surface area contributed by atoms with Gasteiger partial charge in [0.2, 0.25) is 0 Å². The molecule has 0 saturated carbocycles. The van der Waals surface area contributed by atoms with E-state index in [4.69, 9.17) is 16.7 Å². The van der Waals surface area contributed by atoms with Crippen molar-refractivity contribution in [1.29, 1.82) is 0 Å². The quantitative estimate of drug-likeness (QED) is 0.905. The second-order valence-corrected chi connectivity index (χ2v) is 4.82. The molecule has 2 aromatic rings. The Kier molecular flexibility index (Phi) is 4.02. The summed E-state index contributed by atoms with van der Waals surface area (Å²) in [5.74, 6) is 0.492. The van der Waals surface area contributed by atoms with Gasteiger partial charge in [-0.05, 0) is 25.5 Å². The van der Waals surface area contributed by atoms with E-state index in [1.54, 1.807) is 13.0 Å². The average molecular weight is 279 g/mol. The third-order valence-electron chi connectivity index (χ3n) is 3.03. The molecule has 0 radical (unpaired) electrons. The third kappa shape index (κ3) is 2.85. The predicted molar refractivity (Wildman–Crippen MR) is 75.6 cm³/mol. The van der Waals surface area contributed by atoms with E-state index >= 15 is 0 Å². The first kappa shape index (κ1) is 13.8. The van der Waals surface area contributed by atoms with Crippen molar-refractivity contribution in [1.82, 2.24) is 9.97 Å². The number of aryl methyl sites for hydroxylation is 2. The smallest absolute Gasteiger partial charge is 0.254 e. The molecule has 0 atom stereocenters. The first-order valence-corrected chi connectivity index (χ1v) is 6.38. The first-order valence-electron chi connectivity index (χ1n) is 6.00. The van der Waals surface area contributed by atoms with Crippen molar-refractivity contribution >= 4 is 11.6 Å². The molecule has 5 heteroatoms. The molecule has 2 rings (SSSR count). The van der Waals surface area contributed by atoms with E-state index in [0.717, 1.165) is 11.1 Å². The van der Waals surface area contributed by atoms with Crippen LogP contribution in [0.3, 0.4) is 0 Å². The van der Waals surface area contributed by atoms with E-state index in [9.17, 15) is 4.79 Å². The Labute approximate surface area is 116 Å². The predicted octanol–water partition coefficient (Wildman–Crippen LogP) is 2.24. The van der Waals surface area contributed by atoms with Crippen LogP contribution in [0.1, 0.15) is 16.8 Å². The van der Waals surface area contributed by atoms with Gasteiger partial charge < -0.3 is 10.1 Å². The van der Waals surface area contributed by atoms with Crippen LogP contribution in [0.4, 0.5) is 0 Å². The zero-order valence-electron chi connectivity index (χ0n) is 10.8. The molecule has 2 N–H and O–H groups in total. The van der Waals surface area contributed by atoms with Crippen LogP contribution in [-0.4, -0.2) is 21.7 Å². The lowest BCUT2D eigenvalue weighted by molar-refractivity contribution is 0.298. The second-order valence-electron chi connectivity index (χ2n) is 4.42. The fourth-order valence-electron chi connectivity index (χ4n) is 1.89. The van der Waals surface area contributed by atoms with Gasteiger partial charge in [-0.25, -0.2) is 4.98 Å². The highest BCUT2D eigenvalue weighted by atomic mass is 35.5. The Morgan fingerprint density at radius 1 is 1.37 bits per heavy atom. The van der Waals surface area contributed by atoms with Crippen LogP contribution in [0.5, 0.6) is 0 Å². The molecular formula is C14H15ClN2O2. The van der Waals surface area contributed by atoms with Crippen molar-refractivity contribution in [3.63, 3.8) is 0 Å². The SMILES string of the molecule is Cc1ccc(-c2nc(C)c(CCO)c(=O)[nH]2)cc1Cl. The number of hydrogen-bond acceptors (Lipinski definition) is 3. The minimum absolute atomic E-state index is 0.0681. The van der Waals surface area contributed by atoms with Crippen LogP contribution in [-0.2, 0) is 6.42 Å². The molecule has 1 aromatic heterocycles. The van der Waals surface area contributed by atoms with Gasteiger partial charge in [0.05, 0.1) is 0 Å². The summed E-state index contributed by atoms with van der Waals surface area (Å²) in [4.78, 5) is 19.0. The van der Waals surface area contributed by atoms with Gasteiger partial charge in [0.25, 0.3) is 5.56 Å².